The number of ether oxygens (including phenoxy) is 1. The van der Waals surface area contributed by atoms with Crippen LogP contribution in [0.25, 0.3) is 0 Å². The van der Waals surface area contributed by atoms with Crippen LogP contribution in [-0.4, -0.2) is 18.7 Å². The molecule has 3 heteroatoms. The van der Waals surface area contributed by atoms with E-state index >= 15 is 0 Å². The second-order valence-corrected chi connectivity index (χ2v) is 5.83. The van der Waals surface area contributed by atoms with Gasteiger partial charge in [0.05, 0.1) is 6.07 Å². The SMILES string of the molecule is CCCNC(C)(C#N)COc1ccc(C(C)C)c(C)c1. The number of nitrogens with one attached hydrogen (secondary N) is 1. The summed E-state index contributed by atoms with van der Waals surface area (Å²) in [6.45, 7) is 11.6. The smallest absolute Gasteiger partial charge is 0.138 e. The Morgan fingerprint density at radius 1 is 1.40 bits per heavy atom. The van der Waals surface area contributed by atoms with Gasteiger partial charge >= 0.3 is 0 Å². The maximum Gasteiger partial charge on any atom is 0.138 e. The number of hydrogen-bond donors (Lipinski definition) is 1. The Morgan fingerprint density at radius 3 is 2.60 bits per heavy atom. The summed E-state index contributed by atoms with van der Waals surface area (Å²) in [4.78, 5) is 0. The lowest BCUT2D eigenvalue weighted by atomic mass is 9.98. The van der Waals surface area contributed by atoms with Gasteiger partial charge in [-0.1, -0.05) is 26.8 Å². The summed E-state index contributed by atoms with van der Waals surface area (Å²) in [5.41, 5.74) is 1.93. The van der Waals surface area contributed by atoms with Gasteiger partial charge in [-0.2, -0.15) is 5.26 Å². The molecule has 20 heavy (non-hydrogen) atoms. The van der Waals surface area contributed by atoms with E-state index in [9.17, 15) is 5.26 Å². The fourth-order valence-corrected chi connectivity index (χ4v) is 2.14. The van der Waals surface area contributed by atoms with Crippen molar-refractivity contribution < 1.29 is 4.74 Å². The lowest BCUT2D eigenvalue weighted by Crippen LogP contribution is -2.46. The van der Waals surface area contributed by atoms with E-state index in [0.717, 1.165) is 18.7 Å². The van der Waals surface area contributed by atoms with Crippen molar-refractivity contribution in [1.82, 2.24) is 5.32 Å². The summed E-state index contributed by atoms with van der Waals surface area (Å²) in [7, 11) is 0. The minimum atomic E-state index is -0.638. The molecule has 1 rings (SSSR count). The van der Waals surface area contributed by atoms with Crippen molar-refractivity contribution >= 4 is 0 Å². The molecule has 0 aromatic heterocycles. The normalized spacial score (nSPS) is 13.8. The summed E-state index contributed by atoms with van der Waals surface area (Å²) in [5.74, 6) is 1.34. The molecule has 1 atom stereocenters. The molecule has 0 spiro atoms. The molecule has 0 amide bonds. The molecule has 0 bridgehead atoms. The van der Waals surface area contributed by atoms with E-state index in [0.29, 0.717) is 12.5 Å². The van der Waals surface area contributed by atoms with E-state index in [1.807, 2.05) is 19.1 Å². The van der Waals surface area contributed by atoms with E-state index in [1.54, 1.807) is 0 Å². The molecule has 0 heterocycles. The molecule has 1 unspecified atom stereocenters. The summed E-state index contributed by atoms with van der Waals surface area (Å²) in [6, 6.07) is 8.44. The van der Waals surface area contributed by atoms with Gasteiger partial charge in [0.25, 0.3) is 0 Å². The first kappa shape index (κ1) is 16.5. The number of benzene rings is 1. The monoisotopic (exact) mass is 274 g/mol. The molecule has 1 aromatic carbocycles. The van der Waals surface area contributed by atoms with Crippen molar-refractivity contribution in [3.05, 3.63) is 29.3 Å². The highest BCUT2D eigenvalue weighted by Crippen LogP contribution is 2.24. The van der Waals surface area contributed by atoms with Gasteiger partial charge in [-0.25, -0.2) is 0 Å². The number of nitrogens with zero attached hydrogens (tertiary/aromatic N) is 1. The van der Waals surface area contributed by atoms with Crippen molar-refractivity contribution in [3.63, 3.8) is 0 Å². The first-order valence-electron chi connectivity index (χ1n) is 7.31. The zero-order valence-electron chi connectivity index (χ0n) is 13.3. The molecule has 1 aromatic rings. The van der Waals surface area contributed by atoms with E-state index in [1.165, 1.54) is 11.1 Å². The van der Waals surface area contributed by atoms with Crippen molar-refractivity contribution in [1.29, 1.82) is 5.26 Å². The van der Waals surface area contributed by atoms with Crippen molar-refractivity contribution in [2.24, 2.45) is 0 Å². The summed E-state index contributed by atoms with van der Waals surface area (Å²) >= 11 is 0. The molecule has 0 fully saturated rings. The minimum Gasteiger partial charge on any atom is -0.491 e. The van der Waals surface area contributed by atoms with Crippen molar-refractivity contribution in [2.45, 2.75) is 52.5 Å². The molecule has 0 aliphatic rings. The van der Waals surface area contributed by atoms with Gasteiger partial charge in [0.15, 0.2) is 0 Å². The van der Waals surface area contributed by atoms with Crippen LogP contribution in [0.3, 0.4) is 0 Å². The van der Waals surface area contributed by atoms with Crippen LogP contribution >= 0.6 is 0 Å². The zero-order chi connectivity index (χ0) is 15.2. The van der Waals surface area contributed by atoms with Crippen molar-refractivity contribution in [3.8, 4) is 11.8 Å². The van der Waals surface area contributed by atoms with Crippen LogP contribution in [0.5, 0.6) is 5.75 Å². The Hall–Kier alpha value is -1.53. The average molecular weight is 274 g/mol. The fourth-order valence-electron chi connectivity index (χ4n) is 2.14. The molecule has 1 N–H and O–H groups in total. The lowest BCUT2D eigenvalue weighted by molar-refractivity contribution is 0.234. The molecular formula is C17H26N2O. The van der Waals surface area contributed by atoms with Gasteiger partial charge in [0, 0.05) is 0 Å². The third-order valence-electron chi connectivity index (χ3n) is 3.40. The molecule has 0 aliphatic heterocycles. The molecule has 0 saturated heterocycles. The van der Waals surface area contributed by atoms with E-state index < -0.39 is 5.54 Å². The third-order valence-corrected chi connectivity index (χ3v) is 3.40. The second-order valence-electron chi connectivity index (χ2n) is 5.83. The molecular weight excluding hydrogens is 248 g/mol. The Balaban J connectivity index is 2.70. The third kappa shape index (κ3) is 4.54. The van der Waals surface area contributed by atoms with E-state index in [2.05, 4.69) is 45.1 Å². The number of hydrogen-bond acceptors (Lipinski definition) is 3. The van der Waals surface area contributed by atoms with Gasteiger partial charge in [-0.3, -0.25) is 5.32 Å². The van der Waals surface area contributed by atoms with Crippen molar-refractivity contribution in [2.75, 3.05) is 13.2 Å². The van der Waals surface area contributed by atoms with E-state index in [4.69, 9.17) is 4.74 Å². The lowest BCUT2D eigenvalue weighted by Gasteiger charge is -2.23. The quantitative estimate of drug-likeness (QED) is 0.823. The predicted octanol–water partition coefficient (Wildman–Crippen LogP) is 3.78. The Morgan fingerprint density at radius 2 is 2.10 bits per heavy atom. The van der Waals surface area contributed by atoms with Gasteiger partial charge < -0.3 is 4.74 Å². The van der Waals surface area contributed by atoms with Crippen LogP contribution in [0.15, 0.2) is 18.2 Å². The van der Waals surface area contributed by atoms with Crippen LogP contribution in [0.1, 0.15) is 51.2 Å². The standard InChI is InChI=1S/C17H26N2O/c1-6-9-19-17(5,11-18)12-20-15-7-8-16(13(2)3)14(4)10-15/h7-8,10,13,19H,6,9,12H2,1-5H3. The zero-order valence-corrected chi connectivity index (χ0v) is 13.3. The Bertz CT molecular complexity index is 476. The highest BCUT2D eigenvalue weighted by Gasteiger charge is 2.23. The average Bonchev–Trinajstić information content (AvgIpc) is 2.42. The molecule has 0 aliphatic carbocycles. The Kier molecular flexibility index (Phi) is 6.04. The van der Waals surface area contributed by atoms with Crippen LogP contribution in [0, 0.1) is 18.3 Å². The largest absolute Gasteiger partial charge is 0.491 e. The van der Waals surface area contributed by atoms with Gasteiger partial charge in [-0.15, -0.1) is 0 Å². The summed E-state index contributed by atoms with van der Waals surface area (Å²) < 4.78 is 5.79. The van der Waals surface area contributed by atoms with Gasteiger partial charge in [0.2, 0.25) is 0 Å². The number of aryl methyl sites for hydroxylation is 1. The van der Waals surface area contributed by atoms with Gasteiger partial charge in [-0.05, 0) is 56.0 Å². The highest BCUT2D eigenvalue weighted by molar-refractivity contribution is 5.36. The summed E-state index contributed by atoms with van der Waals surface area (Å²) in [6.07, 6.45) is 0.999. The summed E-state index contributed by atoms with van der Waals surface area (Å²) in [5, 5.41) is 12.5. The fraction of sp³-hybridized carbons (Fsp3) is 0.588. The molecule has 3 nitrogen and oxygen atoms in total. The van der Waals surface area contributed by atoms with Crippen LogP contribution < -0.4 is 10.1 Å². The first-order valence-corrected chi connectivity index (χ1v) is 7.31. The van der Waals surface area contributed by atoms with Crippen LogP contribution in [0.2, 0.25) is 0 Å². The highest BCUT2D eigenvalue weighted by atomic mass is 16.5. The topological polar surface area (TPSA) is 45.0 Å². The van der Waals surface area contributed by atoms with Crippen LogP contribution in [0.4, 0.5) is 0 Å². The molecule has 110 valence electrons. The predicted molar refractivity (Wildman–Crippen MR) is 83.1 cm³/mol. The molecule has 0 radical (unpaired) electrons. The van der Waals surface area contributed by atoms with E-state index in [-0.39, 0.29) is 0 Å². The molecule has 0 saturated carbocycles. The number of nitriles is 1. The minimum absolute atomic E-state index is 0.351. The maximum atomic E-state index is 9.27. The second kappa shape index (κ2) is 7.31. The maximum absolute atomic E-state index is 9.27. The Labute approximate surface area is 123 Å². The van der Waals surface area contributed by atoms with Crippen LogP contribution in [-0.2, 0) is 0 Å². The first-order chi connectivity index (χ1) is 9.41. The van der Waals surface area contributed by atoms with Gasteiger partial charge in [0.1, 0.15) is 17.9 Å². The number of rotatable bonds is 7.